The van der Waals surface area contributed by atoms with E-state index in [0.717, 1.165) is 65.9 Å². The van der Waals surface area contributed by atoms with Crippen molar-refractivity contribution < 1.29 is 14.3 Å². The largest absolute Gasteiger partial charge is 0.382 e. The standard InChI is InChI=1S/C25H34N4O3/c1-16-17-7-6-8-18-19-13-22(29(4)9-10-32-12-11-31-5)20(25(2,3)15-30)14-21(19)26-23(18)24(17)28-27-16/h13-15,26H,6-12H2,1-5H3,(H,27,28). The van der Waals surface area contributed by atoms with Crippen LogP contribution in [0.15, 0.2) is 12.1 Å². The van der Waals surface area contributed by atoms with Gasteiger partial charge in [0, 0.05) is 54.0 Å². The van der Waals surface area contributed by atoms with Gasteiger partial charge >= 0.3 is 0 Å². The van der Waals surface area contributed by atoms with Gasteiger partial charge in [0.25, 0.3) is 0 Å². The minimum atomic E-state index is -0.606. The second-order valence-electron chi connectivity index (χ2n) is 9.29. The molecular weight excluding hydrogens is 404 g/mol. The second kappa shape index (κ2) is 9.08. The Morgan fingerprint density at radius 2 is 1.97 bits per heavy atom. The Hall–Kier alpha value is -2.64. The highest BCUT2D eigenvalue weighted by molar-refractivity contribution is 5.95. The first-order valence-corrected chi connectivity index (χ1v) is 11.3. The minimum absolute atomic E-state index is 0.576. The number of fused-ring (bicyclic) bond motifs is 5. The molecule has 7 nitrogen and oxygen atoms in total. The number of carbonyl (C=O) groups is 1. The summed E-state index contributed by atoms with van der Waals surface area (Å²) in [7, 11) is 3.73. The van der Waals surface area contributed by atoms with Crippen molar-refractivity contribution in [1.82, 2.24) is 15.2 Å². The fourth-order valence-electron chi connectivity index (χ4n) is 4.62. The van der Waals surface area contributed by atoms with Crippen LogP contribution in [0.1, 0.15) is 42.7 Å². The summed E-state index contributed by atoms with van der Waals surface area (Å²) in [5.74, 6) is 0. The number of anilines is 1. The third-order valence-corrected chi connectivity index (χ3v) is 6.59. The van der Waals surface area contributed by atoms with Crippen LogP contribution in [0.5, 0.6) is 0 Å². The topological polar surface area (TPSA) is 83.2 Å². The van der Waals surface area contributed by atoms with Gasteiger partial charge in [-0.3, -0.25) is 5.10 Å². The Morgan fingerprint density at radius 1 is 1.19 bits per heavy atom. The molecule has 1 aliphatic carbocycles. The third-order valence-electron chi connectivity index (χ3n) is 6.59. The molecule has 1 aromatic carbocycles. The van der Waals surface area contributed by atoms with Crippen LogP contribution in [-0.2, 0) is 32.5 Å². The normalized spacial score (nSPS) is 13.7. The van der Waals surface area contributed by atoms with E-state index in [-0.39, 0.29) is 0 Å². The molecule has 0 atom stereocenters. The number of aryl methyl sites for hydroxylation is 2. The molecule has 0 radical (unpaired) electrons. The van der Waals surface area contributed by atoms with E-state index in [0.29, 0.717) is 19.8 Å². The molecule has 2 heterocycles. The molecule has 0 fully saturated rings. The molecule has 0 bridgehead atoms. The molecule has 7 heteroatoms. The smallest absolute Gasteiger partial charge is 0.130 e. The predicted molar refractivity (Wildman–Crippen MR) is 128 cm³/mol. The van der Waals surface area contributed by atoms with Gasteiger partial charge in [-0.15, -0.1) is 0 Å². The van der Waals surface area contributed by atoms with E-state index in [9.17, 15) is 4.79 Å². The van der Waals surface area contributed by atoms with E-state index in [4.69, 9.17) is 9.47 Å². The molecule has 0 aliphatic heterocycles. The number of aromatic nitrogens is 3. The van der Waals surface area contributed by atoms with Gasteiger partial charge in [-0.1, -0.05) is 0 Å². The molecule has 2 N–H and O–H groups in total. The number of ether oxygens (including phenoxy) is 2. The zero-order chi connectivity index (χ0) is 22.9. The van der Waals surface area contributed by atoms with Crippen molar-refractivity contribution in [1.29, 1.82) is 0 Å². The molecule has 3 aromatic rings. The van der Waals surface area contributed by atoms with Gasteiger partial charge in [0.15, 0.2) is 0 Å². The van der Waals surface area contributed by atoms with Gasteiger partial charge in [0.2, 0.25) is 0 Å². The maximum Gasteiger partial charge on any atom is 0.130 e. The van der Waals surface area contributed by atoms with Crippen molar-refractivity contribution in [3.05, 3.63) is 34.5 Å². The lowest BCUT2D eigenvalue weighted by Crippen LogP contribution is -2.28. The quantitative estimate of drug-likeness (QED) is 0.391. The summed E-state index contributed by atoms with van der Waals surface area (Å²) in [5.41, 5.74) is 8.42. The van der Waals surface area contributed by atoms with E-state index in [2.05, 4.69) is 46.2 Å². The molecule has 0 unspecified atom stereocenters. The summed E-state index contributed by atoms with van der Waals surface area (Å²) in [4.78, 5) is 17.8. The zero-order valence-corrected chi connectivity index (χ0v) is 19.8. The number of methoxy groups -OCH3 is 1. The number of hydrogen-bond acceptors (Lipinski definition) is 5. The fraction of sp³-hybridized carbons (Fsp3) is 0.520. The third kappa shape index (κ3) is 4.07. The first-order valence-electron chi connectivity index (χ1n) is 11.3. The molecule has 0 saturated carbocycles. The lowest BCUT2D eigenvalue weighted by molar-refractivity contribution is -0.111. The summed E-state index contributed by atoms with van der Waals surface area (Å²) in [6, 6.07) is 4.39. The summed E-state index contributed by atoms with van der Waals surface area (Å²) in [5, 5.41) is 8.98. The predicted octanol–water partition coefficient (Wildman–Crippen LogP) is 3.93. The molecule has 0 saturated heterocycles. The van der Waals surface area contributed by atoms with Crippen LogP contribution in [-0.4, -0.2) is 62.0 Å². The number of benzene rings is 1. The number of hydrogen-bond donors (Lipinski definition) is 2. The number of H-pyrrole nitrogens is 2. The van der Waals surface area contributed by atoms with E-state index in [1.807, 2.05) is 13.8 Å². The van der Waals surface area contributed by atoms with Crippen LogP contribution in [0.3, 0.4) is 0 Å². The molecule has 2 aromatic heterocycles. The van der Waals surface area contributed by atoms with E-state index in [1.54, 1.807) is 7.11 Å². The van der Waals surface area contributed by atoms with Crippen molar-refractivity contribution in [2.75, 3.05) is 45.4 Å². The molecule has 0 amide bonds. The highest BCUT2D eigenvalue weighted by atomic mass is 16.5. The number of rotatable bonds is 9. The van der Waals surface area contributed by atoms with Crippen molar-refractivity contribution in [3.63, 3.8) is 0 Å². The SMILES string of the molecule is COCCOCCN(C)c1cc2c3c([nH]c2cc1C(C)(C)C=O)-c1n[nH]c(C)c1CCC3. The van der Waals surface area contributed by atoms with E-state index < -0.39 is 5.41 Å². The summed E-state index contributed by atoms with van der Waals surface area (Å²) >= 11 is 0. The number of aromatic amines is 2. The molecule has 172 valence electrons. The molecule has 1 aliphatic rings. The Labute approximate surface area is 189 Å². The number of nitrogens with one attached hydrogen (secondary N) is 2. The number of likely N-dealkylation sites (N-methyl/N-ethyl adjacent to an activating group) is 1. The lowest BCUT2D eigenvalue weighted by atomic mass is 9.84. The minimum Gasteiger partial charge on any atom is -0.382 e. The van der Waals surface area contributed by atoms with E-state index >= 15 is 0 Å². The lowest BCUT2D eigenvalue weighted by Gasteiger charge is -2.28. The van der Waals surface area contributed by atoms with Crippen molar-refractivity contribution in [2.24, 2.45) is 0 Å². The van der Waals surface area contributed by atoms with Crippen LogP contribution in [0.25, 0.3) is 22.3 Å². The van der Waals surface area contributed by atoms with Crippen LogP contribution in [0.4, 0.5) is 5.69 Å². The summed E-state index contributed by atoms with van der Waals surface area (Å²) in [6.45, 7) is 8.52. The van der Waals surface area contributed by atoms with Gasteiger partial charge in [-0.25, -0.2) is 0 Å². The highest BCUT2D eigenvalue weighted by Gasteiger charge is 2.28. The molecule has 32 heavy (non-hydrogen) atoms. The molecule has 4 rings (SSSR count). The van der Waals surface area contributed by atoms with Crippen molar-refractivity contribution in [3.8, 4) is 11.4 Å². The average Bonchev–Trinajstić information content (AvgIpc) is 3.26. The summed E-state index contributed by atoms with van der Waals surface area (Å²) in [6.07, 6.45) is 4.16. The van der Waals surface area contributed by atoms with E-state index in [1.165, 1.54) is 16.5 Å². The van der Waals surface area contributed by atoms with Crippen molar-refractivity contribution in [2.45, 2.75) is 45.4 Å². The number of carbonyl (C=O) groups excluding carboxylic acids is 1. The first kappa shape index (κ1) is 22.6. The van der Waals surface area contributed by atoms with Crippen LogP contribution in [0, 0.1) is 6.92 Å². The van der Waals surface area contributed by atoms with Crippen LogP contribution < -0.4 is 4.90 Å². The summed E-state index contributed by atoms with van der Waals surface area (Å²) < 4.78 is 10.7. The van der Waals surface area contributed by atoms with Gasteiger partial charge in [-0.2, -0.15) is 5.10 Å². The Morgan fingerprint density at radius 3 is 2.72 bits per heavy atom. The Kier molecular flexibility index (Phi) is 6.40. The van der Waals surface area contributed by atoms with Gasteiger partial charge < -0.3 is 24.2 Å². The Bertz CT molecular complexity index is 1110. The molecular formula is C25H34N4O3. The van der Waals surface area contributed by atoms with Gasteiger partial charge in [0.1, 0.15) is 12.0 Å². The number of nitrogens with zero attached hydrogens (tertiary/aromatic N) is 2. The monoisotopic (exact) mass is 438 g/mol. The van der Waals surface area contributed by atoms with Gasteiger partial charge in [-0.05, 0) is 63.3 Å². The average molecular weight is 439 g/mol. The maximum atomic E-state index is 12.0. The second-order valence-corrected chi connectivity index (χ2v) is 9.29. The maximum absolute atomic E-state index is 12.0. The number of aldehydes is 1. The van der Waals surface area contributed by atoms with Gasteiger partial charge in [0.05, 0.1) is 25.5 Å². The highest BCUT2D eigenvalue weighted by Crippen LogP contribution is 2.41. The van der Waals surface area contributed by atoms with Crippen LogP contribution in [0.2, 0.25) is 0 Å². The molecule has 0 spiro atoms. The zero-order valence-electron chi connectivity index (χ0n) is 19.8. The fourth-order valence-corrected chi connectivity index (χ4v) is 4.62. The first-order chi connectivity index (χ1) is 15.4. The van der Waals surface area contributed by atoms with Crippen LogP contribution >= 0.6 is 0 Å². The Balaban J connectivity index is 1.78. The van der Waals surface area contributed by atoms with Crippen molar-refractivity contribution >= 4 is 22.9 Å².